The fourth-order valence-corrected chi connectivity index (χ4v) is 4.16. The van der Waals surface area contributed by atoms with Gasteiger partial charge in [0, 0.05) is 0 Å². The van der Waals surface area contributed by atoms with Crippen LogP contribution in [-0.4, -0.2) is 86.9 Å². The lowest BCUT2D eigenvalue weighted by Crippen LogP contribution is -2.79. The van der Waals surface area contributed by atoms with Crippen molar-refractivity contribution >= 4 is 28.3 Å². The number of aliphatic imine (C=N–C) groups is 1. The van der Waals surface area contributed by atoms with E-state index in [0.29, 0.717) is 0 Å². The Morgan fingerprint density at radius 1 is 1.48 bits per heavy atom. The van der Waals surface area contributed by atoms with Crippen LogP contribution in [0.1, 0.15) is 6.42 Å². The van der Waals surface area contributed by atoms with Crippen molar-refractivity contribution < 1.29 is 41.7 Å². The standard InChI is InChI=1S/C10H17N7O9S/c11-7-14-6-3(1-5(18)25-13)17(21)8(12)16-2-4(26-27(22,23)24)10(19,20)9(6,16)15-7/h3-4,6,19-20H,1-2,12-13H2,(H3,11,14,15)(H,22,23,24)/t3-,4+,6?,9?/m0/s1. The predicted octanol–water partition coefficient (Wildman–Crippen LogP) is -5.83. The molecule has 4 atom stereocenters. The number of carbonyl (C=O) groups is 1. The molecular weight excluding hydrogens is 394 g/mol. The Bertz CT molecular complexity index is 842. The molecule has 0 amide bonds. The van der Waals surface area contributed by atoms with Crippen LogP contribution in [0.25, 0.3) is 0 Å². The third-order valence-corrected chi connectivity index (χ3v) is 5.20. The molecule has 1 fully saturated rings. The van der Waals surface area contributed by atoms with Crippen molar-refractivity contribution in [3.63, 3.8) is 0 Å². The van der Waals surface area contributed by atoms with Crippen LogP contribution < -0.4 is 22.7 Å². The largest absolute Gasteiger partial charge is 0.744 e. The average molecular weight is 411 g/mol. The van der Waals surface area contributed by atoms with E-state index < -0.39 is 64.9 Å². The summed E-state index contributed by atoms with van der Waals surface area (Å²) >= 11 is 0. The average Bonchev–Trinajstić information content (AvgIpc) is 3.00. The molecule has 16 nitrogen and oxygen atoms in total. The monoisotopic (exact) mass is 411 g/mol. The molecule has 0 saturated carbocycles. The zero-order valence-electron chi connectivity index (χ0n) is 13.4. The number of rotatable bonds is 4. The summed E-state index contributed by atoms with van der Waals surface area (Å²) in [6.45, 7) is -0.655. The zero-order valence-corrected chi connectivity index (χ0v) is 14.2. The highest BCUT2D eigenvalue weighted by Gasteiger charge is 2.78. The molecule has 3 rings (SSSR count). The molecule has 0 aromatic carbocycles. The molecule has 3 aliphatic heterocycles. The molecule has 1 spiro atoms. The predicted molar refractivity (Wildman–Crippen MR) is 83.1 cm³/mol. The molecule has 0 bridgehead atoms. The first-order chi connectivity index (χ1) is 12.3. The van der Waals surface area contributed by atoms with E-state index in [9.17, 15) is 28.6 Å². The summed E-state index contributed by atoms with van der Waals surface area (Å²) in [6, 6.07) is -2.87. The highest BCUT2D eigenvalue weighted by Crippen LogP contribution is 2.46. The lowest BCUT2D eigenvalue weighted by molar-refractivity contribution is -0.526. The van der Waals surface area contributed by atoms with Crippen molar-refractivity contribution in [2.24, 2.45) is 22.4 Å². The van der Waals surface area contributed by atoms with E-state index >= 15 is 0 Å². The Balaban J connectivity index is 2.13. The van der Waals surface area contributed by atoms with Gasteiger partial charge in [0.1, 0.15) is 18.6 Å². The van der Waals surface area contributed by atoms with Crippen LogP contribution in [0.5, 0.6) is 0 Å². The van der Waals surface area contributed by atoms with E-state index in [1.807, 2.05) is 0 Å². The van der Waals surface area contributed by atoms with Gasteiger partial charge in [0.25, 0.3) is 5.79 Å². The molecule has 27 heavy (non-hydrogen) atoms. The summed E-state index contributed by atoms with van der Waals surface area (Å²) in [5.74, 6) is -0.304. The maximum absolute atomic E-state index is 12.5. The van der Waals surface area contributed by atoms with Gasteiger partial charge in [0.15, 0.2) is 12.1 Å². The molecule has 3 heterocycles. The second-order valence-corrected chi connectivity index (χ2v) is 7.19. The van der Waals surface area contributed by atoms with Crippen molar-refractivity contribution in [3.8, 4) is 0 Å². The normalized spacial score (nSPS) is 34.6. The zero-order chi connectivity index (χ0) is 20.4. The number of hydroxylamine groups is 1. The maximum Gasteiger partial charge on any atom is 0.397 e. The lowest BCUT2D eigenvalue weighted by Gasteiger charge is -2.47. The van der Waals surface area contributed by atoms with Gasteiger partial charge in [-0.3, -0.25) is 19.8 Å². The van der Waals surface area contributed by atoms with Crippen molar-refractivity contribution in [1.82, 2.24) is 10.2 Å². The van der Waals surface area contributed by atoms with Crippen LogP contribution in [0, 0.1) is 5.21 Å². The summed E-state index contributed by atoms with van der Waals surface area (Å²) in [4.78, 5) is 20.4. The molecule has 0 aliphatic carbocycles. The lowest BCUT2D eigenvalue weighted by atomic mass is 9.84. The number of hydrogen-bond acceptors (Lipinski definition) is 14. The van der Waals surface area contributed by atoms with Crippen molar-refractivity contribution in [1.29, 1.82) is 0 Å². The molecule has 0 aromatic rings. The van der Waals surface area contributed by atoms with Crippen molar-refractivity contribution in [2.45, 2.75) is 36.1 Å². The Kier molecular flexibility index (Phi) is 4.13. The fraction of sp³-hybridized carbons (Fsp3) is 0.700. The highest BCUT2D eigenvalue weighted by molar-refractivity contribution is 7.80. The van der Waals surface area contributed by atoms with Gasteiger partial charge in [-0.1, -0.05) is 0 Å². The van der Waals surface area contributed by atoms with Crippen molar-refractivity contribution in [3.05, 3.63) is 5.21 Å². The highest BCUT2D eigenvalue weighted by atomic mass is 32.3. The second kappa shape index (κ2) is 5.78. The number of aliphatic hydroxyl groups is 2. The number of carbonyl (C=O) groups excluding carboxylic acids is 1. The Morgan fingerprint density at radius 2 is 2.11 bits per heavy atom. The summed E-state index contributed by atoms with van der Waals surface area (Å²) in [5.41, 5.74) is 9.22. The molecule has 0 radical (unpaired) electrons. The Morgan fingerprint density at radius 3 is 2.67 bits per heavy atom. The van der Waals surface area contributed by atoms with Crippen LogP contribution in [0.2, 0.25) is 0 Å². The SMILES string of the molecule is NOC(=O)C[C@H]1C2N=C(N)NC23N(C[C@@H](OS(=O)(=O)O)C3(O)O)C(N)=[N+]1[O-]. The van der Waals surface area contributed by atoms with E-state index in [1.165, 1.54) is 0 Å². The van der Waals surface area contributed by atoms with E-state index in [-0.39, 0.29) is 10.7 Å². The molecule has 1 saturated heterocycles. The van der Waals surface area contributed by atoms with Crippen LogP contribution in [0.15, 0.2) is 4.99 Å². The van der Waals surface area contributed by atoms with Gasteiger partial charge in [0.05, 0.1) is 6.42 Å². The van der Waals surface area contributed by atoms with Crippen molar-refractivity contribution in [2.75, 3.05) is 6.54 Å². The Hall–Kier alpha value is -2.44. The minimum atomic E-state index is -5.11. The van der Waals surface area contributed by atoms with Crippen LogP contribution >= 0.6 is 0 Å². The van der Waals surface area contributed by atoms with E-state index in [2.05, 4.69) is 19.3 Å². The summed E-state index contributed by atoms with van der Waals surface area (Å²) in [6.07, 6.45) is -2.64. The quantitative estimate of drug-likeness (QED) is 0.0747. The number of nitrogens with two attached hydrogens (primary N) is 3. The fourth-order valence-electron chi connectivity index (χ4n) is 3.68. The molecule has 0 aromatic heterocycles. The molecule has 3 aliphatic rings. The van der Waals surface area contributed by atoms with Gasteiger partial charge in [-0.2, -0.15) is 14.3 Å². The molecular formula is C10H17N7O9S. The third kappa shape index (κ3) is 2.63. The van der Waals surface area contributed by atoms with Gasteiger partial charge >= 0.3 is 22.3 Å². The summed E-state index contributed by atoms with van der Waals surface area (Å²) < 4.78 is 35.5. The van der Waals surface area contributed by atoms with Gasteiger partial charge < -0.3 is 31.3 Å². The molecule has 10 N–H and O–H groups in total. The summed E-state index contributed by atoms with van der Waals surface area (Å²) in [5, 5.41) is 36.4. The maximum atomic E-state index is 12.5. The van der Waals surface area contributed by atoms with Gasteiger partial charge in [0.2, 0.25) is 5.66 Å². The first kappa shape index (κ1) is 19.3. The topological polar surface area (TPSA) is 262 Å². The van der Waals surface area contributed by atoms with E-state index in [1.54, 1.807) is 0 Å². The minimum absolute atomic E-state index is 0.162. The first-order valence-corrected chi connectivity index (χ1v) is 8.69. The van der Waals surface area contributed by atoms with Crippen LogP contribution in [-0.2, 0) is 24.2 Å². The molecule has 17 heteroatoms. The smallest absolute Gasteiger partial charge is 0.397 e. The van der Waals surface area contributed by atoms with E-state index in [4.69, 9.17) is 21.9 Å². The number of hydrogen-bond donors (Lipinski definition) is 7. The minimum Gasteiger partial charge on any atom is -0.744 e. The number of nitrogens with one attached hydrogen (secondary N) is 1. The third-order valence-electron chi connectivity index (χ3n) is 4.72. The van der Waals surface area contributed by atoms with Gasteiger partial charge in [-0.15, -0.1) is 0 Å². The number of nitrogens with zero attached hydrogens (tertiary/aromatic N) is 3. The van der Waals surface area contributed by atoms with Gasteiger partial charge in [-0.05, 0) is 0 Å². The summed E-state index contributed by atoms with van der Waals surface area (Å²) in [7, 11) is -5.11. The first-order valence-electron chi connectivity index (χ1n) is 7.33. The van der Waals surface area contributed by atoms with Crippen LogP contribution in [0.3, 0.4) is 0 Å². The van der Waals surface area contributed by atoms with E-state index in [0.717, 1.165) is 4.90 Å². The molecule has 2 unspecified atom stereocenters. The second-order valence-electron chi connectivity index (χ2n) is 6.15. The molecule has 152 valence electrons. The number of guanidine groups is 2. The van der Waals surface area contributed by atoms with Crippen LogP contribution in [0.4, 0.5) is 0 Å². The van der Waals surface area contributed by atoms with Gasteiger partial charge in [-0.25, -0.2) is 14.1 Å². The Labute approximate surface area is 151 Å².